The fraction of sp³-hybridized carbons (Fsp3) is 0.333. The van der Waals surface area contributed by atoms with Gasteiger partial charge < -0.3 is 15.2 Å². The zero-order valence-electron chi connectivity index (χ0n) is 19.4. The topological polar surface area (TPSA) is 44.5 Å². The van der Waals surface area contributed by atoms with Crippen molar-refractivity contribution in [1.29, 1.82) is 0 Å². The van der Waals surface area contributed by atoms with Gasteiger partial charge in [-0.2, -0.15) is 0 Å². The van der Waals surface area contributed by atoms with Crippen LogP contribution < -0.4 is 5.73 Å². The lowest BCUT2D eigenvalue weighted by Crippen LogP contribution is -2.06. The molecule has 0 saturated carbocycles. The molecule has 0 amide bonds. The van der Waals surface area contributed by atoms with Crippen LogP contribution in [0.4, 0.5) is 8.78 Å². The van der Waals surface area contributed by atoms with Crippen molar-refractivity contribution >= 4 is 5.57 Å². The molecule has 0 saturated heterocycles. The first kappa shape index (κ1) is 25.3. The lowest BCUT2D eigenvalue weighted by atomic mass is 9.91. The Morgan fingerprint density at radius 3 is 2.62 bits per heavy atom. The normalized spacial score (nSPS) is 16.8. The summed E-state index contributed by atoms with van der Waals surface area (Å²) >= 11 is 0. The molecule has 0 spiro atoms. The Kier molecular flexibility index (Phi) is 10.2. The van der Waals surface area contributed by atoms with E-state index in [4.69, 9.17) is 15.2 Å². The Balaban J connectivity index is 2.44. The van der Waals surface area contributed by atoms with Gasteiger partial charge in [0, 0.05) is 43.9 Å². The van der Waals surface area contributed by atoms with E-state index in [0.29, 0.717) is 36.5 Å². The smallest absolute Gasteiger partial charge is 0.133 e. The summed E-state index contributed by atoms with van der Waals surface area (Å²) in [5.41, 5.74) is 11.0. The molecule has 2 N–H and O–H groups in total. The van der Waals surface area contributed by atoms with E-state index in [1.807, 2.05) is 50.3 Å². The molecule has 0 aromatic heterocycles. The van der Waals surface area contributed by atoms with Gasteiger partial charge in [-0.3, -0.25) is 0 Å². The Morgan fingerprint density at radius 1 is 1.19 bits per heavy atom. The summed E-state index contributed by atoms with van der Waals surface area (Å²) in [5.74, 6) is -0.489. The summed E-state index contributed by atoms with van der Waals surface area (Å²) in [6, 6.07) is 3.60. The van der Waals surface area contributed by atoms with Crippen LogP contribution in [0.5, 0.6) is 0 Å². The first-order valence-corrected chi connectivity index (χ1v) is 10.9. The predicted molar refractivity (Wildman–Crippen MR) is 128 cm³/mol. The molecule has 5 heteroatoms. The number of hydrogen-bond donors (Lipinski definition) is 1. The molecule has 0 heterocycles. The van der Waals surface area contributed by atoms with Crippen LogP contribution in [0.2, 0.25) is 0 Å². The van der Waals surface area contributed by atoms with Crippen molar-refractivity contribution in [2.24, 2.45) is 5.73 Å². The van der Waals surface area contributed by atoms with Crippen LogP contribution in [0.1, 0.15) is 45.6 Å². The largest absolute Gasteiger partial charge is 0.497 e. The minimum Gasteiger partial charge on any atom is -0.497 e. The molecular formula is C27H33F2NO2. The molecule has 172 valence electrons. The zero-order chi connectivity index (χ0) is 23.5. The van der Waals surface area contributed by atoms with Crippen molar-refractivity contribution in [3.63, 3.8) is 0 Å². The van der Waals surface area contributed by atoms with Crippen LogP contribution >= 0.6 is 0 Å². The highest BCUT2D eigenvalue weighted by Gasteiger charge is 2.17. The second kappa shape index (κ2) is 12.8. The SMILES string of the molecule is C\C=C/C=C(CC)/C(N)=C/C(C)=C1/C=C(c2ccc(F)cc2F)C=C(OCCCOC)C1. The molecule has 0 unspecified atom stereocenters. The predicted octanol–water partition coefficient (Wildman–Crippen LogP) is 6.76. The first-order valence-electron chi connectivity index (χ1n) is 10.9. The van der Waals surface area contributed by atoms with Gasteiger partial charge in [0.15, 0.2) is 0 Å². The molecule has 1 aliphatic rings. The quantitative estimate of drug-likeness (QED) is 0.322. The number of halogens is 2. The second-order valence-corrected chi connectivity index (χ2v) is 7.59. The fourth-order valence-electron chi connectivity index (χ4n) is 3.37. The van der Waals surface area contributed by atoms with E-state index in [0.717, 1.165) is 41.4 Å². The summed E-state index contributed by atoms with van der Waals surface area (Å²) in [4.78, 5) is 0. The van der Waals surface area contributed by atoms with E-state index < -0.39 is 11.6 Å². The van der Waals surface area contributed by atoms with Crippen molar-refractivity contribution in [3.8, 4) is 0 Å². The summed E-state index contributed by atoms with van der Waals surface area (Å²) in [6.45, 7) is 7.09. The van der Waals surface area contributed by atoms with E-state index in [2.05, 4.69) is 6.92 Å². The van der Waals surface area contributed by atoms with Gasteiger partial charge in [-0.1, -0.05) is 31.2 Å². The standard InChI is InChI=1S/C27H33F2NO2/c1-5-7-9-20(6-2)27(30)14-19(3)21-15-22(25-11-10-23(28)18-26(25)29)17-24(16-21)32-13-8-12-31-4/h5,7,9-11,14-15,17-18H,6,8,12-13,16,30H2,1-4H3/b7-5-,20-9+,21-19-,27-14-. The maximum absolute atomic E-state index is 14.5. The molecule has 3 nitrogen and oxygen atoms in total. The third kappa shape index (κ3) is 7.34. The number of nitrogens with two attached hydrogens (primary N) is 1. The molecule has 0 aliphatic heterocycles. The van der Waals surface area contributed by atoms with E-state index in [9.17, 15) is 8.78 Å². The van der Waals surface area contributed by atoms with Crippen LogP contribution in [-0.2, 0) is 9.47 Å². The minimum absolute atomic E-state index is 0.327. The third-order valence-corrected chi connectivity index (χ3v) is 5.15. The van der Waals surface area contributed by atoms with Gasteiger partial charge in [-0.05, 0) is 66.8 Å². The third-order valence-electron chi connectivity index (χ3n) is 5.15. The van der Waals surface area contributed by atoms with Gasteiger partial charge >= 0.3 is 0 Å². The Bertz CT molecular complexity index is 981. The summed E-state index contributed by atoms with van der Waals surface area (Å²) in [5, 5.41) is 0. The van der Waals surface area contributed by atoms with E-state index in [1.54, 1.807) is 7.11 Å². The maximum Gasteiger partial charge on any atom is 0.133 e. The molecule has 0 atom stereocenters. The second-order valence-electron chi connectivity index (χ2n) is 7.59. The molecule has 32 heavy (non-hydrogen) atoms. The number of hydrogen-bond acceptors (Lipinski definition) is 3. The van der Waals surface area contributed by atoms with Crippen LogP contribution in [0.15, 0.2) is 82.8 Å². The van der Waals surface area contributed by atoms with Crippen molar-refractivity contribution in [3.05, 3.63) is 100 Å². The molecule has 0 bridgehead atoms. The minimum atomic E-state index is -0.609. The lowest BCUT2D eigenvalue weighted by molar-refractivity contribution is 0.143. The van der Waals surface area contributed by atoms with E-state index in [1.165, 1.54) is 12.1 Å². The average molecular weight is 442 g/mol. The molecule has 1 aromatic rings. The molecule has 2 rings (SSSR count). The van der Waals surface area contributed by atoms with Crippen LogP contribution in [0.3, 0.4) is 0 Å². The Hall–Kier alpha value is -2.92. The van der Waals surface area contributed by atoms with Crippen LogP contribution in [0, 0.1) is 11.6 Å². The van der Waals surface area contributed by atoms with E-state index >= 15 is 0 Å². The zero-order valence-corrected chi connectivity index (χ0v) is 19.4. The first-order chi connectivity index (χ1) is 15.4. The molecule has 1 aromatic carbocycles. The summed E-state index contributed by atoms with van der Waals surface area (Å²) in [7, 11) is 1.65. The van der Waals surface area contributed by atoms with Crippen molar-refractivity contribution in [1.82, 2.24) is 0 Å². The van der Waals surface area contributed by atoms with Crippen molar-refractivity contribution in [2.75, 3.05) is 20.3 Å². The highest BCUT2D eigenvalue weighted by molar-refractivity contribution is 5.79. The van der Waals surface area contributed by atoms with E-state index in [-0.39, 0.29) is 0 Å². The van der Waals surface area contributed by atoms with Crippen molar-refractivity contribution in [2.45, 2.75) is 40.0 Å². The summed E-state index contributed by atoms with van der Waals surface area (Å²) < 4.78 is 38.9. The molecule has 0 fully saturated rings. The number of rotatable bonds is 10. The molecule has 0 radical (unpaired) electrons. The van der Waals surface area contributed by atoms with Crippen molar-refractivity contribution < 1.29 is 18.3 Å². The number of benzene rings is 1. The maximum atomic E-state index is 14.5. The van der Waals surface area contributed by atoms with Gasteiger partial charge in [-0.25, -0.2) is 8.78 Å². The van der Waals surface area contributed by atoms with Crippen LogP contribution in [0.25, 0.3) is 5.57 Å². The van der Waals surface area contributed by atoms with Gasteiger partial charge in [0.25, 0.3) is 0 Å². The summed E-state index contributed by atoms with van der Waals surface area (Å²) in [6.07, 6.45) is 13.7. The molecule has 1 aliphatic carbocycles. The lowest BCUT2D eigenvalue weighted by Gasteiger charge is -2.20. The molecular weight excluding hydrogens is 408 g/mol. The Morgan fingerprint density at radius 2 is 1.97 bits per heavy atom. The highest BCUT2D eigenvalue weighted by Crippen LogP contribution is 2.33. The Labute approximate surface area is 190 Å². The highest BCUT2D eigenvalue weighted by atomic mass is 19.1. The average Bonchev–Trinajstić information content (AvgIpc) is 2.77. The van der Waals surface area contributed by atoms with Gasteiger partial charge in [0.1, 0.15) is 17.4 Å². The van der Waals surface area contributed by atoms with Crippen LogP contribution in [-0.4, -0.2) is 20.3 Å². The monoisotopic (exact) mass is 441 g/mol. The fourth-order valence-corrected chi connectivity index (χ4v) is 3.37. The van der Waals surface area contributed by atoms with Gasteiger partial charge in [0.05, 0.1) is 6.61 Å². The number of allylic oxidation sites excluding steroid dienone is 10. The van der Waals surface area contributed by atoms with Gasteiger partial charge in [-0.15, -0.1) is 0 Å². The van der Waals surface area contributed by atoms with Gasteiger partial charge in [0.2, 0.25) is 0 Å². The number of methoxy groups -OCH3 is 1. The number of ether oxygens (including phenoxy) is 2.